The number of thiophene rings is 1. The van der Waals surface area contributed by atoms with Crippen molar-refractivity contribution in [3.8, 4) is 0 Å². The second-order valence-corrected chi connectivity index (χ2v) is 10.1. The van der Waals surface area contributed by atoms with Crippen LogP contribution in [-0.4, -0.2) is 30.2 Å². The highest BCUT2D eigenvalue weighted by Crippen LogP contribution is 2.33. The minimum absolute atomic E-state index is 0.143. The van der Waals surface area contributed by atoms with E-state index in [2.05, 4.69) is 34.2 Å². The number of ether oxygens (including phenoxy) is 1. The molecule has 0 unspecified atom stereocenters. The van der Waals surface area contributed by atoms with E-state index >= 15 is 0 Å². The highest BCUT2D eigenvalue weighted by molar-refractivity contribution is 7.10. The summed E-state index contributed by atoms with van der Waals surface area (Å²) in [5.74, 6) is -0.427. The monoisotopic (exact) mass is 479 g/mol. The van der Waals surface area contributed by atoms with Gasteiger partial charge in [-0.3, -0.25) is 9.36 Å². The van der Waals surface area contributed by atoms with Gasteiger partial charge in [-0.1, -0.05) is 29.5 Å². The molecule has 2 aromatic heterocycles. The van der Waals surface area contributed by atoms with Crippen molar-refractivity contribution in [1.29, 1.82) is 0 Å². The number of rotatable bonds is 5. The third kappa shape index (κ3) is 4.09. The Morgan fingerprint density at radius 1 is 1.21 bits per heavy atom. The molecule has 0 N–H and O–H groups in total. The van der Waals surface area contributed by atoms with Gasteiger partial charge in [-0.25, -0.2) is 9.79 Å². The molecule has 0 bridgehead atoms. The first-order valence-corrected chi connectivity index (χ1v) is 12.8. The number of fused-ring (bicyclic) bond motifs is 1. The van der Waals surface area contributed by atoms with E-state index in [9.17, 15) is 9.59 Å². The highest BCUT2D eigenvalue weighted by Gasteiger charge is 2.33. The molecule has 0 aliphatic carbocycles. The van der Waals surface area contributed by atoms with Crippen LogP contribution in [0, 0.1) is 0 Å². The first-order valence-electron chi connectivity index (χ1n) is 11.1. The van der Waals surface area contributed by atoms with Crippen LogP contribution in [0.1, 0.15) is 43.2 Å². The third-order valence-electron chi connectivity index (χ3n) is 5.99. The summed E-state index contributed by atoms with van der Waals surface area (Å²) in [6.07, 6.45) is 4.38. The summed E-state index contributed by atoms with van der Waals surface area (Å²) in [7, 11) is 0. The molecule has 0 spiro atoms. The van der Waals surface area contributed by atoms with Crippen molar-refractivity contribution in [2.45, 2.75) is 32.7 Å². The Kier molecular flexibility index (Phi) is 6.03. The maximum absolute atomic E-state index is 13.5. The van der Waals surface area contributed by atoms with Crippen LogP contribution >= 0.6 is 22.7 Å². The first-order chi connectivity index (χ1) is 16.1. The average molecular weight is 480 g/mol. The normalized spacial score (nSPS) is 18.4. The van der Waals surface area contributed by atoms with Crippen LogP contribution in [0.2, 0.25) is 0 Å². The number of carbonyl (C=O) groups is 1. The molecule has 0 saturated carbocycles. The molecule has 1 fully saturated rings. The molecule has 1 aromatic carbocycles. The average Bonchev–Trinajstić information content (AvgIpc) is 3.57. The van der Waals surface area contributed by atoms with Gasteiger partial charge in [0.05, 0.1) is 22.4 Å². The van der Waals surface area contributed by atoms with Crippen molar-refractivity contribution >= 4 is 40.4 Å². The molecule has 1 atom stereocenters. The summed E-state index contributed by atoms with van der Waals surface area (Å²) in [6.45, 7) is 6.05. The zero-order valence-corrected chi connectivity index (χ0v) is 20.2. The van der Waals surface area contributed by atoms with E-state index in [0.717, 1.165) is 23.5 Å². The van der Waals surface area contributed by atoms with Crippen LogP contribution in [0.3, 0.4) is 0 Å². The maximum Gasteiger partial charge on any atom is 0.338 e. The number of thiazole rings is 1. The number of nitrogens with zero attached hydrogens (tertiary/aromatic N) is 3. The number of benzene rings is 1. The molecule has 0 amide bonds. The van der Waals surface area contributed by atoms with Gasteiger partial charge in [0.2, 0.25) is 0 Å². The topological polar surface area (TPSA) is 63.9 Å². The van der Waals surface area contributed by atoms with E-state index in [-0.39, 0.29) is 12.2 Å². The van der Waals surface area contributed by atoms with Crippen LogP contribution < -0.4 is 19.8 Å². The standard InChI is InChI=1S/C25H25N3O3S2/c1-3-31-24(30)21-16(2)26-25-28(22(21)19-7-6-14-32-19)23(29)20(33-25)15-17-8-10-18(11-9-17)27-12-4-5-13-27/h6-11,14-15,22H,3-5,12-13H2,1-2H3/b20-15+/t22-/m1/s1. The number of esters is 1. The van der Waals surface area contributed by atoms with Gasteiger partial charge in [0.25, 0.3) is 5.56 Å². The van der Waals surface area contributed by atoms with Gasteiger partial charge < -0.3 is 9.64 Å². The Hall–Kier alpha value is -2.97. The Morgan fingerprint density at radius 3 is 2.64 bits per heavy atom. The van der Waals surface area contributed by atoms with Gasteiger partial charge in [-0.15, -0.1) is 11.3 Å². The van der Waals surface area contributed by atoms with E-state index in [1.807, 2.05) is 23.6 Å². The molecule has 2 aliphatic rings. The lowest BCUT2D eigenvalue weighted by Crippen LogP contribution is -2.39. The quantitative estimate of drug-likeness (QED) is 0.526. The van der Waals surface area contributed by atoms with Crippen LogP contribution in [0.5, 0.6) is 0 Å². The van der Waals surface area contributed by atoms with Gasteiger partial charge in [0.1, 0.15) is 6.04 Å². The molecule has 33 heavy (non-hydrogen) atoms. The summed E-state index contributed by atoms with van der Waals surface area (Å²) in [5, 5.41) is 1.95. The first kappa shape index (κ1) is 21.9. The molecule has 3 aromatic rings. The maximum atomic E-state index is 13.5. The Balaban J connectivity index is 1.58. The van der Waals surface area contributed by atoms with E-state index in [1.54, 1.807) is 18.4 Å². The molecule has 6 nitrogen and oxygen atoms in total. The largest absolute Gasteiger partial charge is 0.463 e. The summed E-state index contributed by atoms with van der Waals surface area (Å²) >= 11 is 2.87. The Morgan fingerprint density at radius 2 is 1.97 bits per heavy atom. The predicted octanol–water partition coefficient (Wildman–Crippen LogP) is 3.46. The molecule has 170 valence electrons. The molecule has 0 radical (unpaired) electrons. The van der Waals surface area contributed by atoms with Gasteiger partial charge in [-0.05, 0) is 61.9 Å². The van der Waals surface area contributed by atoms with Gasteiger partial charge in [-0.2, -0.15) is 0 Å². The van der Waals surface area contributed by atoms with Crippen molar-refractivity contribution in [2.24, 2.45) is 4.99 Å². The zero-order valence-electron chi connectivity index (χ0n) is 18.6. The van der Waals surface area contributed by atoms with Crippen molar-refractivity contribution in [3.63, 3.8) is 0 Å². The SMILES string of the molecule is CCOC(=O)C1=C(C)N=c2s/c(=C/c3ccc(N4CCCC4)cc3)c(=O)n2[C@@H]1c1cccs1. The van der Waals surface area contributed by atoms with Crippen molar-refractivity contribution in [2.75, 3.05) is 24.6 Å². The number of carbonyl (C=O) groups excluding carboxylic acids is 1. The predicted molar refractivity (Wildman–Crippen MR) is 133 cm³/mol. The fourth-order valence-corrected chi connectivity index (χ4v) is 6.29. The lowest BCUT2D eigenvalue weighted by Gasteiger charge is -2.23. The fourth-order valence-electron chi connectivity index (χ4n) is 4.42. The number of aromatic nitrogens is 1. The second-order valence-electron chi connectivity index (χ2n) is 8.10. The molecule has 8 heteroatoms. The molecule has 2 aliphatic heterocycles. The lowest BCUT2D eigenvalue weighted by molar-refractivity contribution is -0.139. The van der Waals surface area contributed by atoms with Crippen LogP contribution in [0.15, 0.2) is 62.8 Å². The van der Waals surface area contributed by atoms with Crippen molar-refractivity contribution < 1.29 is 9.53 Å². The molecule has 1 saturated heterocycles. The summed E-state index contributed by atoms with van der Waals surface area (Å²) in [4.78, 5) is 34.9. The number of anilines is 1. The van der Waals surface area contributed by atoms with Gasteiger partial charge >= 0.3 is 5.97 Å². The van der Waals surface area contributed by atoms with E-state index in [1.165, 1.54) is 41.2 Å². The molecular formula is C25H25N3O3S2. The minimum Gasteiger partial charge on any atom is -0.463 e. The number of hydrogen-bond donors (Lipinski definition) is 0. The highest BCUT2D eigenvalue weighted by atomic mass is 32.1. The van der Waals surface area contributed by atoms with Gasteiger partial charge in [0.15, 0.2) is 4.80 Å². The summed E-state index contributed by atoms with van der Waals surface area (Å²) in [5.41, 5.74) is 3.06. The van der Waals surface area contributed by atoms with E-state index in [0.29, 0.717) is 20.6 Å². The lowest BCUT2D eigenvalue weighted by atomic mass is 10.0. The van der Waals surface area contributed by atoms with Crippen LogP contribution in [0.4, 0.5) is 5.69 Å². The Bertz CT molecular complexity index is 1380. The van der Waals surface area contributed by atoms with Gasteiger partial charge in [0, 0.05) is 23.7 Å². The smallest absolute Gasteiger partial charge is 0.338 e. The van der Waals surface area contributed by atoms with Crippen LogP contribution in [0.25, 0.3) is 6.08 Å². The fraction of sp³-hybridized carbons (Fsp3) is 0.320. The Labute approximate surface area is 199 Å². The van der Waals surface area contributed by atoms with Crippen molar-refractivity contribution in [3.05, 3.63) is 83.2 Å². The molecule has 5 rings (SSSR count). The number of allylic oxidation sites excluding steroid dienone is 1. The molecule has 4 heterocycles. The van der Waals surface area contributed by atoms with E-state index in [4.69, 9.17) is 4.74 Å². The zero-order chi connectivity index (χ0) is 22.9. The minimum atomic E-state index is -0.528. The molecular weight excluding hydrogens is 454 g/mol. The van der Waals surface area contributed by atoms with Crippen molar-refractivity contribution in [1.82, 2.24) is 4.57 Å². The summed E-state index contributed by atoms with van der Waals surface area (Å²) in [6, 6.07) is 11.7. The summed E-state index contributed by atoms with van der Waals surface area (Å²) < 4.78 is 7.55. The second kappa shape index (κ2) is 9.11. The van der Waals surface area contributed by atoms with E-state index < -0.39 is 12.0 Å². The number of hydrogen-bond acceptors (Lipinski definition) is 7. The van der Waals surface area contributed by atoms with Crippen LogP contribution in [-0.2, 0) is 9.53 Å². The third-order valence-corrected chi connectivity index (χ3v) is 7.90.